The Hall–Kier alpha value is -3.16. The van der Waals surface area contributed by atoms with Crippen LogP contribution in [0.15, 0.2) is 54.9 Å². The maximum Gasteiger partial charge on any atom is 0.573 e. The van der Waals surface area contributed by atoms with Gasteiger partial charge in [0.1, 0.15) is 11.6 Å². The molecule has 0 unspecified atom stereocenters. The van der Waals surface area contributed by atoms with Crippen LogP contribution in [0.4, 0.5) is 19.0 Å². The summed E-state index contributed by atoms with van der Waals surface area (Å²) in [7, 11) is 0. The number of anilines is 1. The van der Waals surface area contributed by atoms with Gasteiger partial charge >= 0.3 is 6.36 Å². The van der Waals surface area contributed by atoms with Gasteiger partial charge in [-0.25, -0.2) is 15.0 Å². The van der Waals surface area contributed by atoms with E-state index in [0.717, 1.165) is 11.4 Å². The number of nitrogens with zero attached hydrogens (tertiary/aromatic N) is 3. The summed E-state index contributed by atoms with van der Waals surface area (Å²) in [5.74, 6) is 0.476. The topological polar surface area (TPSA) is 59.9 Å². The van der Waals surface area contributed by atoms with Crippen molar-refractivity contribution in [3.8, 4) is 17.0 Å². The molecule has 1 aromatic carbocycles. The molecule has 0 amide bonds. The molecule has 3 aromatic rings. The third-order valence-electron chi connectivity index (χ3n) is 3.47. The Bertz CT molecular complexity index is 839. The van der Waals surface area contributed by atoms with E-state index in [1.807, 2.05) is 18.2 Å². The zero-order valence-electron chi connectivity index (χ0n) is 13.5. The molecule has 26 heavy (non-hydrogen) atoms. The van der Waals surface area contributed by atoms with Gasteiger partial charge in [0.15, 0.2) is 6.33 Å². The van der Waals surface area contributed by atoms with Gasteiger partial charge in [0.05, 0.1) is 5.69 Å². The van der Waals surface area contributed by atoms with Crippen molar-refractivity contribution in [2.75, 3.05) is 11.9 Å². The molecule has 0 saturated heterocycles. The van der Waals surface area contributed by atoms with Gasteiger partial charge < -0.3 is 10.1 Å². The molecule has 0 aliphatic carbocycles. The summed E-state index contributed by atoms with van der Waals surface area (Å²) in [6.45, 7) is 0.604. The molecule has 1 radical (unpaired) electrons. The van der Waals surface area contributed by atoms with E-state index in [4.69, 9.17) is 0 Å². The number of nitrogens with one attached hydrogen (secondary N) is 1. The zero-order chi connectivity index (χ0) is 18.4. The highest BCUT2D eigenvalue weighted by Gasteiger charge is 2.31. The molecule has 1 N–H and O–H groups in total. The van der Waals surface area contributed by atoms with Crippen LogP contribution in [0.5, 0.6) is 5.75 Å². The van der Waals surface area contributed by atoms with Crippen molar-refractivity contribution in [1.82, 2.24) is 15.0 Å². The van der Waals surface area contributed by atoms with Crippen LogP contribution < -0.4 is 10.1 Å². The van der Waals surface area contributed by atoms with Crippen LogP contribution in [0.1, 0.15) is 5.56 Å². The monoisotopic (exact) mass is 359 g/mol. The number of aromatic nitrogens is 3. The summed E-state index contributed by atoms with van der Waals surface area (Å²) in [6, 6.07) is 11.1. The molecule has 0 spiro atoms. The average Bonchev–Trinajstić information content (AvgIpc) is 2.63. The number of halogens is 3. The van der Waals surface area contributed by atoms with Gasteiger partial charge in [-0.1, -0.05) is 6.07 Å². The molecule has 0 saturated carbocycles. The van der Waals surface area contributed by atoms with Crippen molar-refractivity contribution in [2.24, 2.45) is 0 Å². The number of pyridine rings is 1. The summed E-state index contributed by atoms with van der Waals surface area (Å²) < 4.78 is 40.6. The first-order valence-electron chi connectivity index (χ1n) is 7.74. The lowest BCUT2D eigenvalue weighted by Crippen LogP contribution is -2.16. The van der Waals surface area contributed by atoms with Gasteiger partial charge in [-0.2, -0.15) is 0 Å². The molecule has 0 bridgehead atoms. The van der Waals surface area contributed by atoms with Crippen molar-refractivity contribution in [3.63, 3.8) is 0 Å². The van der Waals surface area contributed by atoms with E-state index >= 15 is 0 Å². The van der Waals surface area contributed by atoms with Crippen LogP contribution in [-0.4, -0.2) is 27.9 Å². The van der Waals surface area contributed by atoms with Crippen LogP contribution >= 0.6 is 0 Å². The molecular formula is C18H14F3N4O. The quantitative estimate of drug-likeness (QED) is 0.724. The van der Waals surface area contributed by atoms with Crippen molar-refractivity contribution < 1.29 is 17.9 Å². The first-order chi connectivity index (χ1) is 12.5. The van der Waals surface area contributed by atoms with Crippen molar-refractivity contribution in [3.05, 3.63) is 66.7 Å². The Morgan fingerprint density at radius 1 is 1.08 bits per heavy atom. The highest BCUT2D eigenvalue weighted by Crippen LogP contribution is 2.27. The third kappa shape index (κ3) is 4.92. The Morgan fingerprint density at radius 2 is 1.88 bits per heavy atom. The Morgan fingerprint density at radius 3 is 2.58 bits per heavy atom. The number of hydrogen-bond donors (Lipinski definition) is 1. The van der Waals surface area contributed by atoms with E-state index in [2.05, 4.69) is 31.3 Å². The first kappa shape index (κ1) is 17.7. The van der Waals surface area contributed by atoms with Crippen molar-refractivity contribution in [2.45, 2.75) is 12.8 Å². The number of hydrogen-bond acceptors (Lipinski definition) is 5. The predicted molar refractivity (Wildman–Crippen MR) is 89.4 cm³/mol. The lowest BCUT2D eigenvalue weighted by atomic mass is 10.0. The molecule has 0 aliphatic rings. The molecule has 3 rings (SSSR count). The van der Waals surface area contributed by atoms with E-state index in [1.165, 1.54) is 24.3 Å². The Labute approximate surface area is 147 Å². The SMILES string of the molecule is FC(F)(F)Oc1ccc(-c2n[c]ncc2CCNc2ccccn2)cc1. The number of benzene rings is 1. The molecule has 0 fully saturated rings. The number of rotatable bonds is 6. The lowest BCUT2D eigenvalue weighted by Gasteiger charge is -2.11. The van der Waals surface area contributed by atoms with Crippen LogP contribution in [0.25, 0.3) is 11.3 Å². The minimum absolute atomic E-state index is 0.280. The number of ether oxygens (including phenoxy) is 1. The highest BCUT2D eigenvalue weighted by atomic mass is 19.4. The van der Waals surface area contributed by atoms with Crippen LogP contribution in [0.3, 0.4) is 0 Å². The summed E-state index contributed by atoms with van der Waals surface area (Å²) >= 11 is 0. The second-order valence-corrected chi connectivity index (χ2v) is 5.31. The van der Waals surface area contributed by atoms with E-state index in [0.29, 0.717) is 24.2 Å². The van der Waals surface area contributed by atoms with Gasteiger partial charge in [-0.05, 0) is 48.4 Å². The van der Waals surface area contributed by atoms with E-state index in [1.54, 1.807) is 12.4 Å². The van der Waals surface area contributed by atoms with E-state index in [9.17, 15) is 13.2 Å². The lowest BCUT2D eigenvalue weighted by molar-refractivity contribution is -0.274. The highest BCUT2D eigenvalue weighted by molar-refractivity contribution is 5.63. The van der Waals surface area contributed by atoms with Gasteiger partial charge in [-0.3, -0.25) is 0 Å². The van der Waals surface area contributed by atoms with Gasteiger partial charge in [0.2, 0.25) is 0 Å². The summed E-state index contributed by atoms with van der Waals surface area (Å²) in [5, 5.41) is 3.18. The molecule has 5 nitrogen and oxygen atoms in total. The maximum absolute atomic E-state index is 12.2. The van der Waals surface area contributed by atoms with Crippen LogP contribution in [-0.2, 0) is 6.42 Å². The minimum Gasteiger partial charge on any atom is -0.406 e. The van der Waals surface area contributed by atoms with Crippen molar-refractivity contribution in [1.29, 1.82) is 0 Å². The smallest absolute Gasteiger partial charge is 0.406 e. The predicted octanol–water partition coefficient (Wildman–Crippen LogP) is 3.89. The summed E-state index contributed by atoms with van der Waals surface area (Å²) in [5.41, 5.74) is 2.11. The fraction of sp³-hybridized carbons (Fsp3) is 0.167. The molecule has 2 heterocycles. The van der Waals surface area contributed by atoms with Gasteiger partial charge in [0, 0.05) is 24.5 Å². The standard InChI is InChI=1S/C18H14F3N4O/c19-18(20,21)26-15-6-4-13(5-7-15)17-14(11-22-12-25-17)8-10-24-16-3-1-2-9-23-16/h1-7,9,11H,8,10H2,(H,23,24). The molecular weight excluding hydrogens is 345 g/mol. The van der Waals surface area contributed by atoms with Crippen LogP contribution in [0.2, 0.25) is 0 Å². The Kier molecular flexibility index (Phi) is 5.31. The summed E-state index contributed by atoms with van der Waals surface area (Å²) in [6.07, 6.45) is 1.75. The van der Waals surface area contributed by atoms with Crippen molar-refractivity contribution >= 4 is 5.82 Å². The first-order valence-corrected chi connectivity index (χ1v) is 7.74. The second kappa shape index (κ2) is 7.81. The fourth-order valence-electron chi connectivity index (χ4n) is 2.36. The molecule has 0 aliphatic heterocycles. The zero-order valence-corrected chi connectivity index (χ0v) is 13.5. The van der Waals surface area contributed by atoms with Crippen LogP contribution in [0, 0.1) is 6.33 Å². The molecule has 0 atom stereocenters. The van der Waals surface area contributed by atoms with Gasteiger partial charge in [0.25, 0.3) is 0 Å². The molecule has 2 aromatic heterocycles. The summed E-state index contributed by atoms with van der Waals surface area (Å²) in [4.78, 5) is 12.2. The molecule has 133 valence electrons. The largest absolute Gasteiger partial charge is 0.573 e. The number of alkyl halides is 3. The van der Waals surface area contributed by atoms with Gasteiger partial charge in [-0.15, -0.1) is 13.2 Å². The fourth-order valence-corrected chi connectivity index (χ4v) is 2.36. The Balaban J connectivity index is 1.70. The average molecular weight is 359 g/mol. The maximum atomic E-state index is 12.2. The molecule has 8 heteroatoms. The van der Waals surface area contributed by atoms with E-state index < -0.39 is 6.36 Å². The minimum atomic E-state index is -4.72. The van der Waals surface area contributed by atoms with E-state index in [-0.39, 0.29) is 5.75 Å². The second-order valence-electron chi connectivity index (χ2n) is 5.31. The normalized spacial score (nSPS) is 11.2. The third-order valence-corrected chi connectivity index (χ3v) is 3.47.